The number of esters is 2. The molecular formula is C66H120O6. The number of hydrogen-bond donors (Lipinski definition) is 0. The van der Waals surface area contributed by atoms with Crippen molar-refractivity contribution < 1.29 is 28.5 Å². The van der Waals surface area contributed by atoms with Crippen molar-refractivity contribution in [3.8, 4) is 0 Å². The Morgan fingerprint density at radius 1 is 0.236 bits per heavy atom. The monoisotopic (exact) mass is 1010 g/mol. The van der Waals surface area contributed by atoms with Gasteiger partial charge in [-0.2, -0.15) is 0 Å². The second kappa shape index (κ2) is 47.5. The van der Waals surface area contributed by atoms with Crippen LogP contribution in [-0.2, 0) is 28.5 Å². The van der Waals surface area contributed by atoms with Crippen LogP contribution in [0.4, 0.5) is 0 Å². The van der Waals surface area contributed by atoms with Crippen molar-refractivity contribution in [2.24, 2.45) is 11.8 Å². The Morgan fingerprint density at radius 3 is 0.597 bits per heavy atom. The molecule has 3 rings (SSSR count). The van der Waals surface area contributed by atoms with Gasteiger partial charge in [-0.1, -0.05) is 308 Å². The van der Waals surface area contributed by atoms with Gasteiger partial charge in [-0.05, 0) is 39.5 Å². The molecule has 1 fully saturated rings. The molecule has 6 heteroatoms. The van der Waals surface area contributed by atoms with Gasteiger partial charge in [-0.3, -0.25) is 0 Å². The summed E-state index contributed by atoms with van der Waals surface area (Å²) >= 11 is 0. The van der Waals surface area contributed by atoms with Crippen LogP contribution in [0.5, 0.6) is 0 Å². The summed E-state index contributed by atoms with van der Waals surface area (Å²) in [5.41, 5.74) is 1.65. The zero-order valence-electron chi connectivity index (χ0n) is 48.2. The van der Waals surface area contributed by atoms with E-state index in [1.165, 1.54) is 295 Å². The highest BCUT2D eigenvalue weighted by Crippen LogP contribution is 2.32. The van der Waals surface area contributed by atoms with E-state index in [0.717, 1.165) is 61.2 Å². The summed E-state index contributed by atoms with van der Waals surface area (Å²) in [5, 5.41) is 0. The van der Waals surface area contributed by atoms with Crippen molar-refractivity contribution in [3.05, 3.63) is 22.7 Å². The van der Waals surface area contributed by atoms with Crippen molar-refractivity contribution in [2.75, 3.05) is 26.4 Å². The average Bonchev–Trinajstić information content (AvgIpc) is 3.95. The Morgan fingerprint density at radius 2 is 0.403 bits per heavy atom. The Kier molecular flexibility index (Phi) is 42.4. The summed E-state index contributed by atoms with van der Waals surface area (Å²) in [6.45, 7) is 6.30. The molecule has 0 spiro atoms. The van der Waals surface area contributed by atoms with Crippen LogP contribution in [0.1, 0.15) is 348 Å². The van der Waals surface area contributed by atoms with Gasteiger partial charge in [-0.15, -0.1) is 0 Å². The fraction of sp³-hybridized carbons (Fsp3) is 0.909. The van der Waals surface area contributed by atoms with Crippen molar-refractivity contribution in [3.63, 3.8) is 0 Å². The lowest BCUT2D eigenvalue weighted by atomic mass is 9.94. The minimum absolute atomic E-state index is 0.120. The largest absolute Gasteiger partial charge is 0.497 e. The second-order valence-electron chi connectivity index (χ2n) is 23.5. The van der Waals surface area contributed by atoms with Gasteiger partial charge in [0, 0.05) is 11.8 Å². The SMILES string of the molecule is CC1=C2C(=O)OCCCCCCCCCCCCCCCCCCCCCCCCCCOC(=O)C3=C(C)OCC3CCCCCCCCCCCCCCCCCCCCCCCCCCCCC2CO1. The Balaban J connectivity index is 1.21. The van der Waals surface area contributed by atoms with Gasteiger partial charge in [0.05, 0.1) is 37.6 Å². The van der Waals surface area contributed by atoms with Crippen LogP contribution in [0.15, 0.2) is 22.7 Å². The van der Waals surface area contributed by atoms with Crippen LogP contribution >= 0.6 is 0 Å². The highest BCUT2D eigenvalue weighted by atomic mass is 16.5. The van der Waals surface area contributed by atoms with Gasteiger partial charge >= 0.3 is 11.9 Å². The Hall–Kier alpha value is -1.98. The van der Waals surface area contributed by atoms with Crippen LogP contribution in [0.2, 0.25) is 0 Å². The number of cyclic esters (lactones) is 2. The molecule has 3 aliphatic heterocycles. The number of fused-ring (bicyclic) bond motifs is 2. The summed E-state index contributed by atoms with van der Waals surface area (Å²) < 4.78 is 23.2. The van der Waals surface area contributed by atoms with Gasteiger partial charge in [0.15, 0.2) is 0 Å². The normalized spacial score (nSPS) is 25.7. The quantitative estimate of drug-likeness (QED) is 0.225. The molecule has 6 nitrogen and oxygen atoms in total. The number of allylic oxidation sites excluding steroid dienone is 2. The topological polar surface area (TPSA) is 71.1 Å². The summed E-state index contributed by atoms with van der Waals surface area (Å²) in [6.07, 6.45) is 69.6. The van der Waals surface area contributed by atoms with E-state index in [1.807, 2.05) is 13.8 Å². The number of rotatable bonds is 0. The second-order valence-corrected chi connectivity index (χ2v) is 23.5. The molecule has 0 amide bonds. The molecule has 0 aromatic carbocycles. The van der Waals surface area contributed by atoms with Gasteiger partial charge in [0.2, 0.25) is 0 Å². The van der Waals surface area contributed by atoms with Crippen LogP contribution in [-0.4, -0.2) is 38.4 Å². The molecule has 3 aliphatic rings. The van der Waals surface area contributed by atoms with Crippen molar-refractivity contribution in [1.82, 2.24) is 0 Å². The third kappa shape index (κ3) is 34.6. The molecule has 0 saturated carbocycles. The first-order chi connectivity index (χ1) is 35.6. The summed E-state index contributed by atoms with van der Waals surface area (Å²) in [6, 6.07) is 0. The number of carbonyl (C=O) groups is 2. The van der Waals surface area contributed by atoms with Crippen LogP contribution in [0.3, 0.4) is 0 Å². The smallest absolute Gasteiger partial charge is 0.337 e. The van der Waals surface area contributed by atoms with Gasteiger partial charge < -0.3 is 18.9 Å². The Bertz CT molecular complexity index is 1230. The number of hydrogen-bond acceptors (Lipinski definition) is 6. The molecule has 0 aromatic heterocycles. The zero-order valence-corrected chi connectivity index (χ0v) is 48.2. The first-order valence-electron chi connectivity index (χ1n) is 32.6. The van der Waals surface area contributed by atoms with E-state index >= 15 is 0 Å². The highest BCUT2D eigenvalue weighted by Gasteiger charge is 2.32. The molecule has 0 aliphatic carbocycles. The zero-order chi connectivity index (χ0) is 51.0. The molecule has 2 atom stereocenters. The van der Waals surface area contributed by atoms with Gasteiger partial charge in [0.1, 0.15) is 11.5 Å². The third-order valence-corrected chi connectivity index (χ3v) is 16.9. The standard InChI is InChI=1S/C66H120O6/c1-59-63-61(57-71-59)53-49-45-41-37-33-29-25-21-17-13-9-5-3-4-6-10-14-18-22-26-30-34-38-42-46-50-54-62-58-72-60(2)64(62)66(68)70-56-52-48-44-40-36-32-28-24-20-16-12-8-7-11-15-19-23-27-31-35-39-43-47-51-55-69-65(63)67/h61-62H,3-58H2,1-2H3. The molecular weight excluding hydrogens is 889 g/mol. The highest BCUT2D eigenvalue weighted by molar-refractivity contribution is 5.90. The lowest BCUT2D eigenvalue weighted by molar-refractivity contribution is -0.140. The summed E-state index contributed by atoms with van der Waals surface area (Å²) in [7, 11) is 0. The fourth-order valence-electron chi connectivity index (χ4n) is 12.0. The molecule has 420 valence electrons. The van der Waals surface area contributed by atoms with E-state index in [4.69, 9.17) is 18.9 Å². The predicted octanol–water partition coefficient (Wildman–Crippen LogP) is 21.2. The molecule has 0 bridgehead atoms. The predicted molar refractivity (Wildman–Crippen MR) is 306 cm³/mol. The van der Waals surface area contributed by atoms with Crippen molar-refractivity contribution >= 4 is 11.9 Å². The van der Waals surface area contributed by atoms with Crippen LogP contribution in [0.25, 0.3) is 0 Å². The van der Waals surface area contributed by atoms with Crippen molar-refractivity contribution in [2.45, 2.75) is 348 Å². The van der Waals surface area contributed by atoms with E-state index < -0.39 is 0 Å². The minimum Gasteiger partial charge on any atom is -0.497 e. The third-order valence-electron chi connectivity index (χ3n) is 16.9. The maximum Gasteiger partial charge on any atom is 0.337 e. The lowest BCUT2D eigenvalue weighted by Gasteiger charge is -2.12. The fourth-order valence-corrected chi connectivity index (χ4v) is 12.0. The van der Waals surface area contributed by atoms with Gasteiger partial charge in [0.25, 0.3) is 0 Å². The van der Waals surface area contributed by atoms with Crippen molar-refractivity contribution in [1.29, 1.82) is 0 Å². The maximum absolute atomic E-state index is 13.0. The molecule has 1 saturated heterocycles. The minimum atomic E-state index is -0.120. The molecule has 0 aromatic rings. The van der Waals surface area contributed by atoms with E-state index in [0.29, 0.717) is 26.4 Å². The van der Waals surface area contributed by atoms with E-state index in [-0.39, 0.29) is 23.8 Å². The molecule has 72 heavy (non-hydrogen) atoms. The van der Waals surface area contributed by atoms with E-state index in [9.17, 15) is 9.59 Å². The molecule has 2 unspecified atom stereocenters. The van der Waals surface area contributed by atoms with Crippen LogP contribution < -0.4 is 0 Å². The first kappa shape index (κ1) is 64.3. The van der Waals surface area contributed by atoms with E-state index in [2.05, 4.69) is 0 Å². The average molecular weight is 1010 g/mol. The number of carbonyl (C=O) groups excluding carboxylic acids is 2. The van der Waals surface area contributed by atoms with E-state index in [1.54, 1.807) is 0 Å². The Labute approximate surface area is 447 Å². The molecule has 0 N–H and O–H groups in total. The lowest BCUT2D eigenvalue weighted by Crippen LogP contribution is -2.16. The molecule has 0 radical (unpaired) electrons. The molecule has 3 heterocycles. The maximum atomic E-state index is 13.0. The summed E-state index contributed by atoms with van der Waals surface area (Å²) in [5.74, 6) is 1.79. The van der Waals surface area contributed by atoms with Gasteiger partial charge in [-0.25, -0.2) is 9.59 Å². The summed E-state index contributed by atoms with van der Waals surface area (Å²) in [4.78, 5) is 26.0. The van der Waals surface area contributed by atoms with Crippen LogP contribution in [0, 0.1) is 11.8 Å². The first-order valence-corrected chi connectivity index (χ1v) is 32.6. The number of ether oxygens (including phenoxy) is 4.